The van der Waals surface area contributed by atoms with Gasteiger partial charge in [0, 0.05) is 17.3 Å². The minimum Gasteiger partial charge on any atom is -0.330 e. The van der Waals surface area contributed by atoms with Crippen LogP contribution in [0, 0.1) is 0 Å². The number of thiophene rings is 1. The van der Waals surface area contributed by atoms with Crippen LogP contribution in [-0.4, -0.2) is 6.54 Å². The monoisotopic (exact) mass is 167 g/mol. The quantitative estimate of drug-likeness (QED) is 0.684. The van der Waals surface area contributed by atoms with Crippen molar-refractivity contribution < 1.29 is 0 Å². The standard InChI is InChI=1S/C9H13NS/c1-2-4-8(7-10)9-5-3-6-11-9/h2-3,5-6,8H,1,4,7,10H2. The van der Waals surface area contributed by atoms with E-state index in [-0.39, 0.29) is 0 Å². The fraction of sp³-hybridized carbons (Fsp3) is 0.333. The first-order valence-electron chi connectivity index (χ1n) is 3.73. The molecule has 0 radical (unpaired) electrons. The largest absolute Gasteiger partial charge is 0.330 e. The molecule has 0 saturated carbocycles. The lowest BCUT2D eigenvalue weighted by Gasteiger charge is -2.08. The van der Waals surface area contributed by atoms with Crippen molar-refractivity contribution in [2.24, 2.45) is 5.73 Å². The number of allylic oxidation sites excluding steroid dienone is 1. The van der Waals surface area contributed by atoms with Gasteiger partial charge in [-0.3, -0.25) is 0 Å². The SMILES string of the molecule is C=CCC(CN)c1cccs1. The van der Waals surface area contributed by atoms with Crippen LogP contribution in [-0.2, 0) is 0 Å². The highest BCUT2D eigenvalue weighted by atomic mass is 32.1. The first kappa shape index (κ1) is 8.50. The van der Waals surface area contributed by atoms with Gasteiger partial charge in [-0.15, -0.1) is 17.9 Å². The second kappa shape index (κ2) is 4.31. The van der Waals surface area contributed by atoms with Gasteiger partial charge in [-0.1, -0.05) is 12.1 Å². The zero-order chi connectivity index (χ0) is 8.10. The maximum absolute atomic E-state index is 5.61. The Morgan fingerprint density at radius 1 is 1.73 bits per heavy atom. The van der Waals surface area contributed by atoms with Gasteiger partial charge in [0.25, 0.3) is 0 Å². The smallest absolute Gasteiger partial charge is 0.00918 e. The molecule has 0 aliphatic rings. The van der Waals surface area contributed by atoms with Gasteiger partial charge in [0.05, 0.1) is 0 Å². The van der Waals surface area contributed by atoms with E-state index in [0.717, 1.165) is 6.42 Å². The van der Waals surface area contributed by atoms with Crippen molar-refractivity contribution in [3.05, 3.63) is 35.0 Å². The van der Waals surface area contributed by atoms with Crippen molar-refractivity contribution in [2.45, 2.75) is 12.3 Å². The van der Waals surface area contributed by atoms with Crippen LogP contribution < -0.4 is 5.73 Å². The van der Waals surface area contributed by atoms with Gasteiger partial charge in [0.1, 0.15) is 0 Å². The molecule has 0 fully saturated rings. The second-order valence-corrected chi connectivity index (χ2v) is 3.45. The number of rotatable bonds is 4. The molecule has 1 nitrogen and oxygen atoms in total. The van der Waals surface area contributed by atoms with Gasteiger partial charge in [-0.2, -0.15) is 0 Å². The van der Waals surface area contributed by atoms with Crippen LogP contribution >= 0.6 is 11.3 Å². The van der Waals surface area contributed by atoms with Crippen molar-refractivity contribution in [3.8, 4) is 0 Å². The Balaban J connectivity index is 2.62. The Morgan fingerprint density at radius 3 is 3.00 bits per heavy atom. The summed E-state index contributed by atoms with van der Waals surface area (Å²) in [6.45, 7) is 4.42. The zero-order valence-electron chi connectivity index (χ0n) is 6.49. The van der Waals surface area contributed by atoms with Crippen molar-refractivity contribution in [2.75, 3.05) is 6.54 Å². The zero-order valence-corrected chi connectivity index (χ0v) is 7.31. The molecule has 1 heterocycles. The minimum absolute atomic E-state index is 0.479. The Bertz CT molecular complexity index is 203. The molecule has 0 aliphatic heterocycles. The maximum atomic E-state index is 5.61. The van der Waals surface area contributed by atoms with Crippen LogP contribution in [0.1, 0.15) is 17.2 Å². The van der Waals surface area contributed by atoms with Crippen molar-refractivity contribution in [3.63, 3.8) is 0 Å². The Hall–Kier alpha value is -0.600. The predicted molar refractivity (Wildman–Crippen MR) is 50.9 cm³/mol. The summed E-state index contributed by atoms with van der Waals surface area (Å²) < 4.78 is 0. The molecule has 1 atom stereocenters. The second-order valence-electron chi connectivity index (χ2n) is 2.47. The average Bonchev–Trinajstić information content (AvgIpc) is 2.52. The summed E-state index contributed by atoms with van der Waals surface area (Å²) in [5, 5.41) is 2.08. The summed E-state index contributed by atoms with van der Waals surface area (Å²) in [6, 6.07) is 4.19. The van der Waals surface area contributed by atoms with Crippen LogP contribution in [0.15, 0.2) is 30.2 Å². The van der Waals surface area contributed by atoms with Crippen LogP contribution in [0.4, 0.5) is 0 Å². The molecule has 2 N–H and O–H groups in total. The highest BCUT2D eigenvalue weighted by molar-refractivity contribution is 7.10. The molecule has 1 rings (SSSR count). The highest BCUT2D eigenvalue weighted by Crippen LogP contribution is 2.23. The number of hydrogen-bond donors (Lipinski definition) is 1. The fourth-order valence-electron chi connectivity index (χ4n) is 1.05. The first-order valence-corrected chi connectivity index (χ1v) is 4.60. The molecular formula is C9H13NS. The number of nitrogens with two attached hydrogens (primary N) is 1. The van der Waals surface area contributed by atoms with E-state index in [0.29, 0.717) is 12.5 Å². The van der Waals surface area contributed by atoms with Crippen molar-refractivity contribution >= 4 is 11.3 Å². The molecule has 0 amide bonds. The van der Waals surface area contributed by atoms with Crippen molar-refractivity contribution in [1.29, 1.82) is 0 Å². The maximum Gasteiger partial charge on any atom is 0.00918 e. The molecule has 0 aromatic carbocycles. The summed E-state index contributed by atoms with van der Waals surface area (Å²) in [4.78, 5) is 1.37. The summed E-state index contributed by atoms with van der Waals surface area (Å²) in [7, 11) is 0. The molecule has 0 aliphatic carbocycles. The van der Waals surface area contributed by atoms with E-state index in [4.69, 9.17) is 5.73 Å². The molecule has 0 spiro atoms. The lowest BCUT2D eigenvalue weighted by atomic mass is 10.0. The summed E-state index contributed by atoms with van der Waals surface area (Å²) in [5.74, 6) is 0.479. The Labute approximate surface area is 71.5 Å². The average molecular weight is 167 g/mol. The van der Waals surface area contributed by atoms with Gasteiger partial charge in [-0.25, -0.2) is 0 Å². The van der Waals surface area contributed by atoms with E-state index in [1.54, 1.807) is 11.3 Å². The Morgan fingerprint density at radius 2 is 2.55 bits per heavy atom. The van der Waals surface area contributed by atoms with Crippen molar-refractivity contribution in [1.82, 2.24) is 0 Å². The van der Waals surface area contributed by atoms with Crippen LogP contribution in [0.3, 0.4) is 0 Å². The fourth-order valence-corrected chi connectivity index (χ4v) is 1.91. The Kier molecular flexibility index (Phi) is 3.33. The highest BCUT2D eigenvalue weighted by Gasteiger charge is 2.07. The first-order chi connectivity index (χ1) is 5.38. The minimum atomic E-state index is 0.479. The molecule has 0 bridgehead atoms. The predicted octanol–water partition coefficient (Wildman–Crippen LogP) is 2.37. The van der Waals surface area contributed by atoms with E-state index in [2.05, 4.69) is 24.1 Å². The molecule has 11 heavy (non-hydrogen) atoms. The van der Waals surface area contributed by atoms with Crippen LogP contribution in [0.25, 0.3) is 0 Å². The summed E-state index contributed by atoms with van der Waals surface area (Å²) in [5.41, 5.74) is 5.61. The van der Waals surface area contributed by atoms with Gasteiger partial charge in [-0.05, 0) is 17.9 Å². The van der Waals surface area contributed by atoms with Gasteiger partial charge in [0.2, 0.25) is 0 Å². The lowest BCUT2D eigenvalue weighted by molar-refractivity contribution is 0.724. The molecule has 1 aromatic rings. The topological polar surface area (TPSA) is 26.0 Å². The van der Waals surface area contributed by atoms with E-state index >= 15 is 0 Å². The normalized spacial score (nSPS) is 12.8. The summed E-state index contributed by atoms with van der Waals surface area (Å²) >= 11 is 1.77. The van der Waals surface area contributed by atoms with E-state index in [1.165, 1.54) is 4.88 Å². The number of hydrogen-bond acceptors (Lipinski definition) is 2. The summed E-state index contributed by atoms with van der Waals surface area (Å²) in [6.07, 6.45) is 2.91. The molecule has 2 heteroatoms. The van der Waals surface area contributed by atoms with E-state index in [9.17, 15) is 0 Å². The molecule has 1 aromatic heterocycles. The van der Waals surface area contributed by atoms with E-state index in [1.807, 2.05) is 6.08 Å². The van der Waals surface area contributed by atoms with Gasteiger partial charge < -0.3 is 5.73 Å². The molecule has 1 unspecified atom stereocenters. The molecular weight excluding hydrogens is 154 g/mol. The molecule has 60 valence electrons. The van der Waals surface area contributed by atoms with Gasteiger partial charge in [0.15, 0.2) is 0 Å². The molecule has 0 saturated heterocycles. The van der Waals surface area contributed by atoms with Crippen LogP contribution in [0.2, 0.25) is 0 Å². The van der Waals surface area contributed by atoms with E-state index < -0.39 is 0 Å². The third-order valence-electron chi connectivity index (χ3n) is 1.68. The third kappa shape index (κ3) is 2.17. The lowest BCUT2D eigenvalue weighted by Crippen LogP contribution is -2.10. The van der Waals surface area contributed by atoms with Crippen LogP contribution in [0.5, 0.6) is 0 Å². The van der Waals surface area contributed by atoms with Gasteiger partial charge >= 0.3 is 0 Å². The third-order valence-corrected chi connectivity index (χ3v) is 2.72.